The Hall–Kier alpha value is -2.39. The van der Waals surface area contributed by atoms with E-state index in [0.717, 1.165) is 23.8 Å². The SMILES string of the molecule is COC(=O)C1=C(c2ccc(S(C)(=O)=O)cc2)C[C@@H]2CC[C@H]1N2C(=O)N1CCOCC1. The number of rotatable bonds is 3. The molecule has 0 saturated carbocycles. The third-order valence-corrected chi connectivity index (χ3v) is 7.27. The summed E-state index contributed by atoms with van der Waals surface area (Å²) >= 11 is 0. The number of morpholine rings is 1. The molecule has 4 rings (SSSR count). The normalized spacial score (nSPS) is 24.2. The smallest absolute Gasteiger partial charge is 0.336 e. The van der Waals surface area contributed by atoms with E-state index in [9.17, 15) is 18.0 Å². The minimum Gasteiger partial charge on any atom is -0.466 e. The maximum Gasteiger partial charge on any atom is 0.336 e. The number of carbonyl (C=O) groups excluding carboxylic acids is 2. The van der Waals surface area contributed by atoms with Crippen molar-refractivity contribution in [3.8, 4) is 0 Å². The van der Waals surface area contributed by atoms with Gasteiger partial charge in [0, 0.05) is 25.4 Å². The van der Waals surface area contributed by atoms with Crippen molar-refractivity contribution in [3.63, 3.8) is 0 Å². The summed E-state index contributed by atoms with van der Waals surface area (Å²) in [5, 5.41) is 0. The van der Waals surface area contributed by atoms with Gasteiger partial charge >= 0.3 is 12.0 Å². The Labute approximate surface area is 176 Å². The van der Waals surface area contributed by atoms with Crippen molar-refractivity contribution < 1.29 is 27.5 Å². The van der Waals surface area contributed by atoms with Crippen molar-refractivity contribution in [2.45, 2.75) is 36.2 Å². The number of esters is 1. The highest BCUT2D eigenvalue weighted by molar-refractivity contribution is 7.90. The summed E-state index contributed by atoms with van der Waals surface area (Å²) in [4.78, 5) is 29.8. The van der Waals surface area contributed by atoms with Crippen molar-refractivity contribution in [1.82, 2.24) is 9.80 Å². The molecule has 2 amide bonds. The number of ether oxygens (including phenoxy) is 2. The van der Waals surface area contributed by atoms with Crippen molar-refractivity contribution >= 4 is 27.4 Å². The summed E-state index contributed by atoms with van der Waals surface area (Å²) in [6.45, 7) is 2.14. The molecule has 2 saturated heterocycles. The van der Waals surface area contributed by atoms with Gasteiger partial charge in [-0.3, -0.25) is 0 Å². The molecule has 1 aromatic carbocycles. The predicted octanol–water partition coefficient (Wildman–Crippen LogP) is 1.71. The molecule has 0 radical (unpaired) electrons. The lowest BCUT2D eigenvalue weighted by molar-refractivity contribution is -0.136. The molecule has 0 spiro atoms. The topological polar surface area (TPSA) is 93.2 Å². The number of benzene rings is 1. The van der Waals surface area contributed by atoms with Gasteiger partial charge in [-0.05, 0) is 42.5 Å². The number of sulfone groups is 1. The highest BCUT2D eigenvalue weighted by Crippen LogP contribution is 2.44. The number of urea groups is 1. The Kier molecular flexibility index (Phi) is 5.59. The summed E-state index contributed by atoms with van der Waals surface area (Å²) in [5.74, 6) is -0.442. The highest BCUT2D eigenvalue weighted by atomic mass is 32.2. The van der Waals surface area contributed by atoms with Gasteiger partial charge in [-0.2, -0.15) is 0 Å². The van der Waals surface area contributed by atoms with Crippen LogP contribution in [0.2, 0.25) is 0 Å². The lowest BCUT2D eigenvalue weighted by Gasteiger charge is -2.41. The quantitative estimate of drug-likeness (QED) is 0.673. The summed E-state index contributed by atoms with van der Waals surface area (Å²) < 4.78 is 34.0. The monoisotopic (exact) mass is 434 g/mol. The minimum absolute atomic E-state index is 0.00309. The van der Waals surface area contributed by atoms with Crippen molar-refractivity contribution in [3.05, 3.63) is 35.4 Å². The van der Waals surface area contributed by atoms with Crippen LogP contribution < -0.4 is 0 Å². The first-order valence-electron chi connectivity index (χ1n) is 10.1. The van der Waals surface area contributed by atoms with Crippen LogP contribution in [0.3, 0.4) is 0 Å². The van der Waals surface area contributed by atoms with E-state index in [4.69, 9.17) is 9.47 Å². The van der Waals surface area contributed by atoms with E-state index in [0.29, 0.717) is 44.7 Å². The Morgan fingerprint density at radius 1 is 1.10 bits per heavy atom. The fourth-order valence-corrected chi connectivity index (χ4v) is 5.30. The van der Waals surface area contributed by atoms with Gasteiger partial charge in [-0.15, -0.1) is 0 Å². The molecule has 3 aliphatic heterocycles. The Balaban J connectivity index is 1.71. The van der Waals surface area contributed by atoms with Crippen molar-refractivity contribution in [2.75, 3.05) is 39.7 Å². The molecule has 0 unspecified atom stereocenters. The van der Waals surface area contributed by atoms with Crippen molar-refractivity contribution in [1.29, 1.82) is 0 Å². The van der Waals surface area contributed by atoms with Crippen LogP contribution in [-0.4, -0.2) is 82.0 Å². The first-order valence-corrected chi connectivity index (χ1v) is 12.0. The molecule has 2 bridgehead atoms. The average Bonchev–Trinajstić information content (AvgIpc) is 3.06. The Bertz CT molecular complexity index is 979. The third kappa shape index (κ3) is 3.72. The van der Waals surface area contributed by atoms with E-state index in [2.05, 4.69) is 0 Å². The number of amides is 2. The van der Waals surface area contributed by atoms with Crippen LogP contribution in [0.4, 0.5) is 4.79 Å². The third-order valence-electron chi connectivity index (χ3n) is 6.14. The fourth-order valence-electron chi connectivity index (χ4n) is 4.67. The van der Waals surface area contributed by atoms with Crippen LogP contribution in [0.25, 0.3) is 5.57 Å². The Morgan fingerprint density at radius 2 is 1.77 bits per heavy atom. The van der Waals surface area contributed by atoms with E-state index in [1.807, 2.05) is 4.90 Å². The predicted molar refractivity (Wildman–Crippen MR) is 110 cm³/mol. The van der Waals surface area contributed by atoms with Gasteiger partial charge < -0.3 is 19.3 Å². The zero-order valence-electron chi connectivity index (χ0n) is 17.2. The molecule has 162 valence electrons. The molecule has 3 heterocycles. The fraction of sp³-hybridized carbons (Fsp3) is 0.524. The van der Waals surface area contributed by atoms with Crippen molar-refractivity contribution in [2.24, 2.45) is 0 Å². The van der Waals surface area contributed by atoms with Gasteiger partial charge in [0.1, 0.15) is 0 Å². The number of hydrogen-bond donors (Lipinski definition) is 0. The maximum absolute atomic E-state index is 13.2. The van der Waals surface area contributed by atoms with E-state index < -0.39 is 15.8 Å². The molecule has 3 aliphatic rings. The van der Waals surface area contributed by atoms with Gasteiger partial charge in [0.05, 0.1) is 36.8 Å². The molecule has 0 aliphatic carbocycles. The number of fused-ring (bicyclic) bond motifs is 2. The van der Waals surface area contributed by atoms with E-state index in [-0.39, 0.29) is 23.0 Å². The van der Waals surface area contributed by atoms with Gasteiger partial charge in [-0.1, -0.05) is 12.1 Å². The molecular formula is C21H26N2O6S. The molecule has 0 aromatic heterocycles. The summed E-state index contributed by atoms with van der Waals surface area (Å²) in [7, 11) is -1.96. The number of methoxy groups -OCH3 is 1. The first kappa shape index (κ1) is 20.9. The lowest BCUT2D eigenvalue weighted by atomic mass is 9.88. The van der Waals surface area contributed by atoms with Gasteiger partial charge in [0.25, 0.3) is 0 Å². The summed E-state index contributed by atoms with van der Waals surface area (Å²) in [6.07, 6.45) is 3.22. The Morgan fingerprint density at radius 3 is 2.37 bits per heavy atom. The van der Waals surface area contributed by atoms with E-state index >= 15 is 0 Å². The molecule has 1 aromatic rings. The van der Waals surface area contributed by atoms with Crippen LogP contribution in [0.5, 0.6) is 0 Å². The molecular weight excluding hydrogens is 408 g/mol. The number of hydrogen-bond acceptors (Lipinski definition) is 6. The van der Waals surface area contributed by atoms with E-state index in [1.54, 1.807) is 29.2 Å². The zero-order valence-corrected chi connectivity index (χ0v) is 18.0. The second-order valence-electron chi connectivity index (χ2n) is 7.92. The molecule has 2 fully saturated rings. The largest absolute Gasteiger partial charge is 0.466 e. The number of carbonyl (C=O) groups is 2. The minimum atomic E-state index is -3.30. The first-order chi connectivity index (χ1) is 14.3. The summed E-state index contributed by atoms with van der Waals surface area (Å²) in [5.41, 5.74) is 2.12. The molecule has 30 heavy (non-hydrogen) atoms. The van der Waals surface area contributed by atoms with E-state index in [1.165, 1.54) is 7.11 Å². The zero-order chi connectivity index (χ0) is 21.5. The second-order valence-corrected chi connectivity index (χ2v) is 9.94. The number of nitrogens with zero attached hydrogens (tertiary/aromatic N) is 2. The van der Waals surface area contributed by atoms with Crippen LogP contribution in [0.1, 0.15) is 24.8 Å². The molecule has 2 atom stereocenters. The van der Waals surface area contributed by atoms with Crippen LogP contribution in [0, 0.1) is 0 Å². The highest BCUT2D eigenvalue weighted by Gasteiger charge is 2.47. The van der Waals surface area contributed by atoms with Gasteiger partial charge in [0.2, 0.25) is 0 Å². The molecule has 0 N–H and O–H groups in total. The standard InChI is InChI=1S/C21H26N2O6S/c1-28-20(24)19-17(14-3-6-16(7-4-14)30(2,26)27)13-15-5-8-18(19)23(15)21(25)22-9-11-29-12-10-22/h3-4,6-7,15,18H,5,8-13H2,1-2H3/t15-,18+/m0/s1. The van der Waals surface area contributed by atoms with Crippen LogP contribution in [-0.2, 0) is 24.1 Å². The summed E-state index contributed by atoms with van der Waals surface area (Å²) in [6, 6.07) is 6.18. The lowest BCUT2D eigenvalue weighted by Crippen LogP contribution is -2.54. The van der Waals surface area contributed by atoms with Crippen LogP contribution >= 0.6 is 0 Å². The van der Waals surface area contributed by atoms with Gasteiger partial charge in [-0.25, -0.2) is 18.0 Å². The molecule has 8 nitrogen and oxygen atoms in total. The van der Waals surface area contributed by atoms with Crippen LogP contribution in [0.15, 0.2) is 34.7 Å². The van der Waals surface area contributed by atoms with Gasteiger partial charge in [0.15, 0.2) is 9.84 Å². The molecule has 9 heteroatoms. The second kappa shape index (κ2) is 8.03. The maximum atomic E-state index is 13.2. The average molecular weight is 435 g/mol.